The number of hydrogen-bond acceptors (Lipinski definition) is 6. The van der Waals surface area contributed by atoms with Crippen molar-refractivity contribution in [3.05, 3.63) is 53.6 Å². The lowest BCUT2D eigenvalue weighted by Gasteiger charge is -2.35. The summed E-state index contributed by atoms with van der Waals surface area (Å²) in [5, 5.41) is 12.9. The Kier molecular flexibility index (Phi) is 3.71. The Hall–Kier alpha value is -2.61. The van der Waals surface area contributed by atoms with Crippen molar-refractivity contribution in [3.8, 4) is 11.5 Å². The first kappa shape index (κ1) is 10.3. The van der Waals surface area contributed by atoms with Gasteiger partial charge in [-0.3, -0.25) is 14.6 Å². The van der Waals surface area contributed by atoms with E-state index in [0.717, 1.165) is 21.9 Å². The number of benzene rings is 2. The van der Waals surface area contributed by atoms with Crippen molar-refractivity contribution < 1.29 is 39.9 Å². The van der Waals surface area contributed by atoms with Crippen LogP contribution in [0.5, 0.6) is 11.5 Å². The molecule has 0 saturated carbocycles. The minimum atomic E-state index is -3.13. The fourth-order valence-electron chi connectivity index (χ4n) is 2.86. The highest BCUT2D eigenvalue weighted by atomic mass is 16.5. The minimum absolute atomic E-state index is 0.321. The topological polar surface area (TPSA) is 74.3 Å². The number of rotatable bonds is 9. The molecular formula is C24H33N3O4. The summed E-state index contributed by atoms with van der Waals surface area (Å²) in [4.78, 5) is 15.2. The largest absolute Gasteiger partial charge is 0.493 e. The van der Waals surface area contributed by atoms with E-state index in [9.17, 15) is 9.90 Å². The molecule has 1 amide bonds. The van der Waals surface area contributed by atoms with Crippen LogP contribution in [-0.4, -0.2) is 79.7 Å². The second kappa shape index (κ2) is 11.1. The maximum absolute atomic E-state index is 13.2. The SMILES string of the molecule is [2H]C([2H])([2H])Oc1ccccc1OC([2H])([2H])C(O)C([2H])([2H])N1CCN(C([2H])([2H])C(=O)Nc2c(C([2H])([2H])[2H])cccc2C([2H])([2H])[2H])CC1. The summed E-state index contributed by atoms with van der Waals surface area (Å²) in [5.41, 5.74) is -1.56. The fraction of sp³-hybridized carbons (Fsp3) is 0.458. The molecule has 2 aromatic rings. The molecule has 168 valence electrons. The summed E-state index contributed by atoms with van der Waals surface area (Å²) < 4.78 is 129. The molecule has 7 heteroatoms. The quantitative estimate of drug-likeness (QED) is 0.621. The maximum atomic E-state index is 13.2. The number of aliphatic hydroxyl groups is 1. The van der Waals surface area contributed by atoms with E-state index in [-0.39, 0.29) is 31.9 Å². The lowest BCUT2D eigenvalue weighted by Crippen LogP contribution is -2.50. The molecule has 0 spiro atoms. The number of methoxy groups -OCH3 is 1. The zero-order valence-corrected chi connectivity index (χ0v) is 16.5. The van der Waals surface area contributed by atoms with Gasteiger partial charge < -0.3 is 19.9 Å². The molecule has 1 heterocycles. The first-order chi connectivity index (χ1) is 20.8. The van der Waals surface area contributed by atoms with Crippen LogP contribution in [0.25, 0.3) is 0 Å². The number of hydrogen-bond donors (Lipinski definition) is 2. The predicted octanol–water partition coefficient (Wildman–Crippen LogP) is 2.31. The van der Waals surface area contributed by atoms with Gasteiger partial charge in [-0.05, 0) is 37.0 Å². The van der Waals surface area contributed by atoms with Crippen molar-refractivity contribution in [2.75, 3.05) is 58.1 Å². The van der Waals surface area contributed by atoms with E-state index in [2.05, 4.69) is 5.32 Å². The Balaban J connectivity index is 1.75. The van der Waals surface area contributed by atoms with Gasteiger partial charge in [-0.15, -0.1) is 0 Å². The van der Waals surface area contributed by atoms with E-state index in [1.54, 1.807) is 0 Å². The van der Waals surface area contributed by atoms with Gasteiger partial charge >= 0.3 is 0 Å². The number of ether oxygens (including phenoxy) is 2. The molecule has 1 saturated heterocycles. The standard InChI is InChI=1S/C24H33N3O4/c1-18-7-6-8-19(2)24(18)25-23(29)16-27-13-11-26(12-14-27)15-20(28)17-31-22-10-5-4-9-21(22)30-3/h4-10,20,28H,11-17H2,1-3H3,(H,25,29)/i1D3,2D3,3D3,15D2,16D2,17D2. The summed E-state index contributed by atoms with van der Waals surface area (Å²) in [7, 11) is -2.91. The molecule has 2 N–H and O–H groups in total. The van der Waals surface area contributed by atoms with Gasteiger partial charge in [0.1, 0.15) is 12.7 Å². The molecule has 0 bridgehead atoms. The Morgan fingerprint density at radius 2 is 1.77 bits per heavy atom. The Morgan fingerprint density at radius 3 is 2.45 bits per heavy atom. The lowest BCUT2D eigenvalue weighted by atomic mass is 10.1. The maximum Gasteiger partial charge on any atom is 0.238 e. The molecular weight excluding hydrogens is 394 g/mol. The highest BCUT2D eigenvalue weighted by molar-refractivity contribution is 5.93. The number of carbonyl (C=O) groups is 1. The second-order valence-corrected chi connectivity index (χ2v) is 6.57. The van der Waals surface area contributed by atoms with E-state index in [4.69, 9.17) is 30.0 Å². The van der Waals surface area contributed by atoms with Crippen LogP contribution in [0.3, 0.4) is 0 Å². The zero-order chi connectivity index (χ0) is 35.1. The van der Waals surface area contributed by atoms with E-state index in [1.165, 1.54) is 30.3 Å². The number of nitrogens with zero attached hydrogens (tertiary/aromatic N) is 2. The average molecular weight is 443 g/mol. The van der Waals surface area contributed by atoms with Crippen molar-refractivity contribution in [3.63, 3.8) is 0 Å². The number of nitrogens with one attached hydrogen (secondary N) is 1. The van der Waals surface area contributed by atoms with Crippen molar-refractivity contribution in [1.82, 2.24) is 9.80 Å². The summed E-state index contributed by atoms with van der Waals surface area (Å²) in [5.74, 6) is -2.15. The Labute approximate surface area is 205 Å². The number of carbonyl (C=O) groups excluding carboxylic acids is 1. The molecule has 0 radical (unpaired) electrons. The number of aryl methyl sites for hydroxylation is 2. The van der Waals surface area contributed by atoms with Gasteiger partial charge in [0.05, 0.1) is 23.1 Å². The third-order valence-electron chi connectivity index (χ3n) is 4.39. The molecule has 0 aliphatic carbocycles. The van der Waals surface area contributed by atoms with Crippen LogP contribution in [0, 0.1) is 13.7 Å². The zero-order valence-electron chi connectivity index (χ0n) is 31.5. The van der Waals surface area contributed by atoms with Crippen LogP contribution in [0.1, 0.15) is 31.7 Å². The van der Waals surface area contributed by atoms with E-state index < -0.39 is 74.9 Å². The fourth-order valence-corrected chi connectivity index (χ4v) is 2.86. The van der Waals surface area contributed by atoms with Crippen LogP contribution < -0.4 is 14.8 Å². The lowest BCUT2D eigenvalue weighted by molar-refractivity contribution is -0.117. The Morgan fingerprint density at radius 1 is 1.10 bits per heavy atom. The number of para-hydroxylation sites is 3. The minimum Gasteiger partial charge on any atom is -0.493 e. The van der Waals surface area contributed by atoms with Gasteiger partial charge in [0.15, 0.2) is 11.5 Å². The summed E-state index contributed by atoms with van der Waals surface area (Å²) in [6.07, 6.45) is -2.48. The number of β-amino-alcohol motifs (C(OH)–C–C–N with tert-alkyl or cyclic N) is 1. The first-order valence-electron chi connectivity index (χ1n) is 16.9. The molecule has 1 fully saturated rings. The molecule has 1 aliphatic rings. The molecule has 0 aromatic heterocycles. The molecule has 31 heavy (non-hydrogen) atoms. The first-order valence-corrected chi connectivity index (χ1v) is 9.39. The van der Waals surface area contributed by atoms with Crippen LogP contribution >= 0.6 is 0 Å². The molecule has 2 aromatic carbocycles. The Bertz CT molecular complexity index is 1360. The van der Waals surface area contributed by atoms with E-state index in [1.807, 2.05) is 0 Å². The average Bonchev–Trinajstić information content (AvgIpc) is 2.91. The van der Waals surface area contributed by atoms with Gasteiger partial charge in [0, 0.05) is 49.3 Å². The van der Waals surface area contributed by atoms with Crippen molar-refractivity contribution in [1.29, 1.82) is 0 Å². The number of piperazine rings is 1. The molecule has 7 nitrogen and oxygen atoms in total. The highest BCUT2D eigenvalue weighted by Crippen LogP contribution is 2.25. The van der Waals surface area contributed by atoms with Gasteiger partial charge in [-0.25, -0.2) is 0 Å². The van der Waals surface area contributed by atoms with Crippen LogP contribution in [0.2, 0.25) is 0 Å². The normalized spacial score (nSPS) is 25.8. The number of amides is 1. The van der Waals surface area contributed by atoms with Crippen molar-refractivity contribution in [2.45, 2.75) is 19.8 Å². The third-order valence-corrected chi connectivity index (χ3v) is 4.39. The molecule has 1 unspecified atom stereocenters. The van der Waals surface area contributed by atoms with Crippen molar-refractivity contribution >= 4 is 11.6 Å². The summed E-state index contributed by atoms with van der Waals surface area (Å²) in [6, 6.07) is 8.54. The van der Waals surface area contributed by atoms with Crippen molar-refractivity contribution in [2.24, 2.45) is 0 Å². The highest BCUT2D eigenvalue weighted by Gasteiger charge is 2.21. The summed E-state index contributed by atoms with van der Waals surface area (Å²) >= 11 is 0. The number of anilines is 1. The second-order valence-electron chi connectivity index (χ2n) is 6.57. The van der Waals surface area contributed by atoms with E-state index in [0.29, 0.717) is 0 Å². The third kappa shape index (κ3) is 6.69. The van der Waals surface area contributed by atoms with Gasteiger partial charge in [-0.2, -0.15) is 0 Å². The van der Waals surface area contributed by atoms with Crippen LogP contribution in [-0.2, 0) is 4.79 Å². The van der Waals surface area contributed by atoms with Gasteiger partial charge in [0.25, 0.3) is 0 Å². The number of aliphatic hydroxyl groups excluding tert-OH is 1. The smallest absolute Gasteiger partial charge is 0.238 e. The van der Waals surface area contributed by atoms with Crippen LogP contribution in [0.4, 0.5) is 5.69 Å². The van der Waals surface area contributed by atoms with E-state index >= 15 is 0 Å². The molecule has 1 aliphatic heterocycles. The predicted molar refractivity (Wildman–Crippen MR) is 122 cm³/mol. The van der Waals surface area contributed by atoms with Gasteiger partial charge in [0.2, 0.25) is 5.91 Å². The van der Waals surface area contributed by atoms with Gasteiger partial charge in [-0.1, -0.05) is 30.3 Å². The molecule has 1 atom stereocenters. The van der Waals surface area contributed by atoms with Crippen LogP contribution in [0.15, 0.2) is 42.5 Å². The molecule has 3 rings (SSSR count). The monoisotopic (exact) mass is 442 g/mol. The summed E-state index contributed by atoms with van der Waals surface area (Å²) in [6.45, 7) is -15.7.